The number of aliphatic hydroxyl groups is 4. The molecule has 0 saturated heterocycles. The van der Waals surface area contributed by atoms with Crippen molar-refractivity contribution >= 4 is 17.2 Å². The minimum absolute atomic E-state index is 0.530. The van der Waals surface area contributed by atoms with Crippen LogP contribution in [0, 0.1) is 5.41 Å². The van der Waals surface area contributed by atoms with E-state index in [0.29, 0.717) is 11.1 Å². The zero-order valence-electron chi connectivity index (χ0n) is 40.7. The molecule has 0 atom stereocenters. The Morgan fingerprint density at radius 3 is 0.828 bits per heavy atom. The summed E-state index contributed by atoms with van der Waals surface area (Å²) in [6.45, 7) is 2.98. The molecule has 0 radical (unpaired) electrons. The SMILES string of the molecule is CCCCCCCCCCCCCCCCCCc1ccccc1C(O)(c1ccccc1CCCCCCCCCCCCCCCCCC)C(CO)(CO)CO.OP(O)OP(O)O. The maximum atomic E-state index is 13.0. The van der Waals surface area contributed by atoms with Crippen LogP contribution in [0.3, 0.4) is 0 Å². The van der Waals surface area contributed by atoms with Gasteiger partial charge in [-0.3, -0.25) is 0 Å². The lowest BCUT2D eigenvalue weighted by Crippen LogP contribution is -2.55. The van der Waals surface area contributed by atoms with Gasteiger partial charge in [0.1, 0.15) is 5.60 Å². The number of hydrogen-bond donors (Lipinski definition) is 8. The number of rotatable bonds is 42. The second-order valence-corrected chi connectivity index (χ2v) is 20.1. The molecule has 0 amide bonds. The molecule has 0 heterocycles. The van der Waals surface area contributed by atoms with Gasteiger partial charge in [-0.15, -0.1) is 0 Å². The summed E-state index contributed by atoms with van der Waals surface area (Å²) in [6.07, 6.45) is 44.2. The van der Waals surface area contributed by atoms with E-state index in [4.69, 9.17) is 19.6 Å². The fourth-order valence-electron chi connectivity index (χ4n) is 9.18. The van der Waals surface area contributed by atoms with Gasteiger partial charge in [-0.1, -0.05) is 255 Å². The first kappa shape index (κ1) is 61.0. The molecule has 9 nitrogen and oxygen atoms in total. The molecule has 0 aromatic heterocycles. The highest BCUT2D eigenvalue weighted by Crippen LogP contribution is 2.48. The van der Waals surface area contributed by atoms with Crippen LogP contribution >= 0.6 is 17.2 Å². The molecule has 0 aliphatic heterocycles. The van der Waals surface area contributed by atoms with Crippen molar-refractivity contribution in [1.29, 1.82) is 0 Å². The van der Waals surface area contributed by atoms with E-state index in [2.05, 4.69) is 30.3 Å². The lowest BCUT2D eigenvalue weighted by Gasteiger charge is -2.46. The average Bonchev–Trinajstić information content (AvgIpc) is 3.29. The summed E-state index contributed by atoms with van der Waals surface area (Å²) in [5, 5.41) is 45.4. The second-order valence-electron chi connectivity index (χ2n) is 18.5. The van der Waals surface area contributed by atoms with Gasteiger partial charge in [0.15, 0.2) is 0 Å². The third-order valence-corrected chi connectivity index (χ3v) is 14.4. The Morgan fingerprint density at radius 1 is 0.375 bits per heavy atom. The molecule has 0 spiro atoms. The number of aryl methyl sites for hydroxylation is 2. The lowest BCUT2D eigenvalue weighted by molar-refractivity contribution is -0.136. The van der Waals surface area contributed by atoms with Crippen molar-refractivity contribution in [2.75, 3.05) is 19.8 Å². The van der Waals surface area contributed by atoms with E-state index in [1.54, 1.807) is 0 Å². The van der Waals surface area contributed by atoms with Crippen LogP contribution in [0.15, 0.2) is 48.5 Å². The molecule has 0 bridgehead atoms. The fraction of sp³-hybridized carbons (Fsp3) is 0.774. The first-order valence-electron chi connectivity index (χ1n) is 25.9. The molecule has 0 aliphatic rings. The fourth-order valence-corrected chi connectivity index (χ4v) is 9.71. The molecule has 0 unspecified atom stereocenters. The first-order chi connectivity index (χ1) is 31.2. The van der Waals surface area contributed by atoms with Crippen molar-refractivity contribution in [3.05, 3.63) is 70.8 Å². The van der Waals surface area contributed by atoms with Gasteiger partial charge >= 0.3 is 17.2 Å². The summed E-state index contributed by atoms with van der Waals surface area (Å²) in [5.41, 5.74) is 0.167. The Labute approximate surface area is 393 Å². The monoisotopic (exact) mass is 939 g/mol. The van der Waals surface area contributed by atoms with E-state index in [9.17, 15) is 20.4 Å². The minimum atomic E-state index is -2.61. The van der Waals surface area contributed by atoms with Crippen LogP contribution in [0.2, 0.25) is 0 Å². The van der Waals surface area contributed by atoms with E-state index in [0.717, 1.165) is 49.7 Å². The van der Waals surface area contributed by atoms with Crippen molar-refractivity contribution in [2.24, 2.45) is 5.41 Å². The minimum Gasteiger partial charge on any atom is -0.395 e. The van der Waals surface area contributed by atoms with E-state index < -0.39 is 48.0 Å². The molecular weight excluding hydrogens is 843 g/mol. The van der Waals surface area contributed by atoms with E-state index in [-0.39, 0.29) is 0 Å². The van der Waals surface area contributed by atoms with Crippen molar-refractivity contribution in [3.63, 3.8) is 0 Å². The summed E-state index contributed by atoms with van der Waals surface area (Å²) in [7, 11) is -5.22. The van der Waals surface area contributed by atoms with Gasteiger partial charge in [0, 0.05) is 0 Å². The molecule has 372 valence electrons. The molecule has 11 heteroatoms. The summed E-state index contributed by atoms with van der Waals surface area (Å²) < 4.78 is 3.60. The van der Waals surface area contributed by atoms with Crippen LogP contribution < -0.4 is 0 Å². The van der Waals surface area contributed by atoms with Crippen LogP contribution in [0.25, 0.3) is 0 Å². The topological polar surface area (TPSA) is 171 Å². The average molecular weight is 939 g/mol. The largest absolute Gasteiger partial charge is 0.395 e. The number of benzene rings is 2. The highest BCUT2D eigenvalue weighted by Gasteiger charge is 2.53. The predicted octanol–water partition coefficient (Wildman–Crippen LogP) is 13.9. The van der Waals surface area contributed by atoms with Gasteiger partial charge in [0.05, 0.1) is 25.2 Å². The van der Waals surface area contributed by atoms with Crippen LogP contribution in [0.1, 0.15) is 242 Å². The number of aliphatic hydroxyl groups excluding tert-OH is 3. The van der Waals surface area contributed by atoms with Crippen molar-refractivity contribution in [3.8, 4) is 0 Å². The summed E-state index contributed by atoms with van der Waals surface area (Å²) in [6, 6.07) is 16.0. The molecule has 0 aliphatic carbocycles. The summed E-state index contributed by atoms with van der Waals surface area (Å²) >= 11 is 0. The molecule has 2 rings (SSSR count). The molecule has 2 aromatic rings. The second kappa shape index (κ2) is 41.0. The number of hydrogen-bond acceptors (Lipinski definition) is 9. The third-order valence-electron chi connectivity index (χ3n) is 13.2. The first-order valence-corrected chi connectivity index (χ1v) is 28.3. The van der Waals surface area contributed by atoms with E-state index in [1.165, 1.54) is 180 Å². The Hall–Kier alpha value is -1.06. The van der Waals surface area contributed by atoms with Gasteiger partial charge in [-0.25, -0.2) is 4.31 Å². The normalized spacial score (nSPS) is 12.1. The van der Waals surface area contributed by atoms with Gasteiger partial charge in [-0.05, 0) is 47.9 Å². The van der Waals surface area contributed by atoms with Crippen LogP contribution in [-0.4, -0.2) is 59.8 Å². The van der Waals surface area contributed by atoms with Crippen molar-refractivity contribution in [2.45, 2.75) is 238 Å². The molecular formula is C53H96O9P2. The van der Waals surface area contributed by atoms with Crippen molar-refractivity contribution < 1.29 is 44.3 Å². The summed E-state index contributed by atoms with van der Waals surface area (Å²) in [4.78, 5) is 31.3. The molecule has 64 heavy (non-hydrogen) atoms. The molecule has 2 aromatic carbocycles. The smallest absolute Gasteiger partial charge is 0.334 e. The Kier molecular flexibility index (Phi) is 39.0. The van der Waals surface area contributed by atoms with E-state index in [1.807, 2.05) is 36.4 Å². The highest BCUT2D eigenvalue weighted by atomic mass is 31.2. The highest BCUT2D eigenvalue weighted by molar-refractivity contribution is 7.53. The van der Waals surface area contributed by atoms with E-state index >= 15 is 0 Å². The molecule has 8 N–H and O–H groups in total. The van der Waals surface area contributed by atoms with Crippen molar-refractivity contribution in [1.82, 2.24) is 0 Å². The van der Waals surface area contributed by atoms with Gasteiger partial charge in [0.2, 0.25) is 0 Å². The maximum absolute atomic E-state index is 13.0. The molecule has 0 fully saturated rings. The summed E-state index contributed by atoms with van der Waals surface area (Å²) in [5.74, 6) is 0. The van der Waals surface area contributed by atoms with Crippen LogP contribution in [0.4, 0.5) is 0 Å². The Morgan fingerprint density at radius 2 is 0.609 bits per heavy atom. The zero-order valence-corrected chi connectivity index (χ0v) is 42.5. The zero-order chi connectivity index (χ0) is 47.0. The Bertz CT molecular complexity index is 1230. The van der Waals surface area contributed by atoms with Gasteiger partial charge in [-0.2, -0.15) is 0 Å². The van der Waals surface area contributed by atoms with Crippen LogP contribution in [0.5, 0.6) is 0 Å². The predicted molar refractivity (Wildman–Crippen MR) is 270 cm³/mol. The van der Waals surface area contributed by atoms with Crippen LogP contribution in [-0.2, 0) is 22.8 Å². The third kappa shape index (κ3) is 26.5. The van der Waals surface area contributed by atoms with Gasteiger partial charge < -0.3 is 40.0 Å². The molecule has 0 saturated carbocycles. The Balaban J connectivity index is 0.00000269. The van der Waals surface area contributed by atoms with Gasteiger partial charge in [0.25, 0.3) is 0 Å². The number of unbranched alkanes of at least 4 members (excludes halogenated alkanes) is 30. The standard InChI is InChI=1S/C53H92O4.H4O5P2/c1-3-5-7-9-11-13-15-17-19-21-23-25-27-29-31-33-39-48-41-35-37-43-50(48)53(57,52(45-54,46-55)47-56)51-44-38-36-42-49(51)40-34-32-30-28-26-24-22-20-18-16-14-12-10-8-6-4-2;1-6(2)5-7(3)4/h35-38,41-44,54-57H,3-34,39-40,45-47H2,1-2H3;1-4H. The lowest BCUT2D eigenvalue weighted by atomic mass is 9.63. The quantitative estimate of drug-likeness (QED) is 0.0238. The maximum Gasteiger partial charge on any atom is 0.334 e.